The molecule has 3 rings (SSSR count). The molecule has 2 aliphatic rings. The van der Waals surface area contributed by atoms with Crippen LogP contribution in [0.25, 0.3) is 4.85 Å². The molecule has 2 atom stereocenters. The van der Waals surface area contributed by atoms with Crippen molar-refractivity contribution < 1.29 is 14.3 Å². The predicted octanol–water partition coefficient (Wildman–Crippen LogP) is 2.66. The highest BCUT2D eigenvalue weighted by atomic mass is 35.5. The molecule has 1 saturated heterocycles. The van der Waals surface area contributed by atoms with E-state index in [1.165, 1.54) is 4.90 Å². The number of carbonyl (C=O) groups excluding carboxylic acids is 2. The molecule has 1 aliphatic heterocycles. The Hall–Kier alpha value is -2.26. The third-order valence-electron chi connectivity index (χ3n) is 4.39. The zero-order valence-electron chi connectivity index (χ0n) is 13.3. The van der Waals surface area contributed by atoms with E-state index in [0.29, 0.717) is 6.54 Å². The number of nitrogens with zero attached hydrogens (tertiary/aromatic N) is 2. The number of amides is 2. The molecule has 1 aliphatic carbocycles. The van der Waals surface area contributed by atoms with Crippen molar-refractivity contribution in [2.75, 3.05) is 18.0 Å². The molecule has 126 valence electrons. The van der Waals surface area contributed by atoms with Crippen molar-refractivity contribution in [3.8, 4) is 0 Å². The van der Waals surface area contributed by atoms with Crippen LogP contribution in [0.15, 0.2) is 24.3 Å². The van der Waals surface area contributed by atoms with Crippen LogP contribution in [-0.4, -0.2) is 36.6 Å². The first-order valence-corrected chi connectivity index (χ1v) is 8.28. The number of nitrogens with one attached hydrogen (secondary N) is 1. The van der Waals surface area contributed by atoms with E-state index in [1.807, 2.05) is 24.3 Å². The standard InChI is InChI=1S/C17H18ClN3O3/c1-11(18)15(22)20-9-14-10-21(16(23)24-14)13-5-3-12(4-6-13)17(19-2)7-8-17/h3-6,11,14H,7-10H2,1H3,(H,20,22). The first kappa shape index (κ1) is 16.6. The van der Waals surface area contributed by atoms with Crippen LogP contribution < -0.4 is 10.2 Å². The Morgan fingerprint density at radius 3 is 2.71 bits per heavy atom. The molecule has 1 N–H and O–H groups in total. The van der Waals surface area contributed by atoms with Gasteiger partial charge in [0.1, 0.15) is 11.5 Å². The summed E-state index contributed by atoms with van der Waals surface area (Å²) in [6.45, 7) is 9.47. The Kier molecular flexibility index (Phi) is 4.37. The molecule has 1 aromatic rings. The van der Waals surface area contributed by atoms with Crippen molar-refractivity contribution in [1.82, 2.24) is 5.32 Å². The number of hydrogen-bond donors (Lipinski definition) is 1. The molecule has 1 saturated carbocycles. The van der Waals surface area contributed by atoms with E-state index in [-0.39, 0.29) is 18.0 Å². The van der Waals surface area contributed by atoms with Crippen molar-refractivity contribution in [2.24, 2.45) is 0 Å². The maximum absolute atomic E-state index is 12.0. The second-order valence-corrected chi connectivity index (χ2v) is 6.82. The second-order valence-electron chi connectivity index (χ2n) is 6.17. The van der Waals surface area contributed by atoms with Crippen molar-refractivity contribution in [3.63, 3.8) is 0 Å². The van der Waals surface area contributed by atoms with E-state index in [0.717, 1.165) is 24.1 Å². The summed E-state index contributed by atoms with van der Waals surface area (Å²) in [6, 6.07) is 7.48. The van der Waals surface area contributed by atoms with Crippen molar-refractivity contribution in [1.29, 1.82) is 0 Å². The number of alkyl halides is 1. The molecule has 0 spiro atoms. The third kappa shape index (κ3) is 3.17. The van der Waals surface area contributed by atoms with Gasteiger partial charge >= 0.3 is 6.09 Å². The van der Waals surface area contributed by atoms with E-state index >= 15 is 0 Å². The van der Waals surface area contributed by atoms with Gasteiger partial charge in [-0.25, -0.2) is 11.4 Å². The van der Waals surface area contributed by atoms with E-state index in [4.69, 9.17) is 22.9 Å². The average molecular weight is 348 g/mol. The van der Waals surface area contributed by atoms with Gasteiger partial charge in [-0.2, -0.15) is 0 Å². The highest BCUT2D eigenvalue weighted by Gasteiger charge is 2.52. The zero-order chi connectivity index (χ0) is 17.3. The summed E-state index contributed by atoms with van der Waals surface area (Å²) in [6.07, 6.45) is 0.937. The Balaban J connectivity index is 1.62. The topological polar surface area (TPSA) is 63.0 Å². The number of carbonyl (C=O) groups is 2. The molecule has 2 unspecified atom stereocenters. The summed E-state index contributed by atoms with van der Waals surface area (Å²) in [5.74, 6) is -0.288. The van der Waals surface area contributed by atoms with Crippen LogP contribution in [0.5, 0.6) is 0 Å². The van der Waals surface area contributed by atoms with Gasteiger partial charge in [0.2, 0.25) is 5.91 Å². The highest BCUT2D eigenvalue weighted by molar-refractivity contribution is 6.30. The quantitative estimate of drug-likeness (QED) is 0.658. The van der Waals surface area contributed by atoms with Gasteiger partial charge in [-0.1, -0.05) is 0 Å². The monoisotopic (exact) mass is 347 g/mol. The zero-order valence-corrected chi connectivity index (χ0v) is 14.0. The maximum atomic E-state index is 12.0. The minimum atomic E-state index is -0.622. The van der Waals surface area contributed by atoms with E-state index < -0.39 is 17.6 Å². The van der Waals surface area contributed by atoms with Gasteiger partial charge in [0.25, 0.3) is 5.54 Å². The van der Waals surface area contributed by atoms with Crippen LogP contribution in [0.3, 0.4) is 0 Å². The Bertz CT molecular complexity index is 692. The Morgan fingerprint density at radius 1 is 1.50 bits per heavy atom. The van der Waals surface area contributed by atoms with Crippen molar-refractivity contribution in [2.45, 2.75) is 36.8 Å². The first-order chi connectivity index (χ1) is 11.4. The lowest BCUT2D eigenvalue weighted by Crippen LogP contribution is -2.37. The molecule has 6 nitrogen and oxygen atoms in total. The van der Waals surface area contributed by atoms with E-state index in [2.05, 4.69) is 10.2 Å². The summed E-state index contributed by atoms with van der Waals surface area (Å²) in [5.41, 5.74) is 1.37. The van der Waals surface area contributed by atoms with E-state index in [1.54, 1.807) is 6.92 Å². The fourth-order valence-electron chi connectivity index (χ4n) is 2.73. The smallest absolute Gasteiger partial charge is 0.414 e. The van der Waals surface area contributed by atoms with Crippen molar-refractivity contribution in [3.05, 3.63) is 41.2 Å². The second kappa shape index (κ2) is 6.33. The maximum Gasteiger partial charge on any atom is 0.414 e. The number of benzene rings is 1. The highest BCUT2D eigenvalue weighted by Crippen LogP contribution is 2.49. The average Bonchev–Trinajstić information content (AvgIpc) is 3.30. The van der Waals surface area contributed by atoms with Gasteiger partial charge in [-0.3, -0.25) is 9.69 Å². The lowest BCUT2D eigenvalue weighted by atomic mass is 10.1. The van der Waals surface area contributed by atoms with Crippen LogP contribution in [0.4, 0.5) is 10.5 Å². The summed E-state index contributed by atoms with van der Waals surface area (Å²) < 4.78 is 5.27. The molecular formula is C17H18ClN3O3. The number of ether oxygens (including phenoxy) is 1. The molecule has 0 bridgehead atoms. The lowest BCUT2D eigenvalue weighted by molar-refractivity contribution is -0.120. The molecule has 2 fully saturated rings. The van der Waals surface area contributed by atoms with Crippen LogP contribution in [-0.2, 0) is 15.1 Å². The summed E-state index contributed by atoms with van der Waals surface area (Å²) in [5, 5.41) is 2.03. The first-order valence-electron chi connectivity index (χ1n) is 7.84. The Labute approximate surface area is 145 Å². The lowest BCUT2D eigenvalue weighted by Gasteiger charge is -2.14. The Morgan fingerprint density at radius 2 is 2.17 bits per heavy atom. The van der Waals surface area contributed by atoms with Gasteiger partial charge < -0.3 is 14.9 Å². The molecular weight excluding hydrogens is 330 g/mol. The van der Waals surface area contributed by atoms with E-state index in [9.17, 15) is 9.59 Å². The molecule has 7 heteroatoms. The summed E-state index contributed by atoms with van der Waals surface area (Å²) in [7, 11) is 0. The fourth-order valence-corrected chi connectivity index (χ4v) is 2.81. The molecule has 1 heterocycles. The molecule has 1 aromatic carbocycles. The SMILES string of the molecule is [C-]#[N+]C1(c2ccc(N3CC(CNC(=O)C(C)Cl)OC3=O)cc2)CC1. The number of anilines is 1. The number of cyclic esters (lactones) is 1. The minimum Gasteiger partial charge on any atom is -0.442 e. The van der Waals surface area contributed by atoms with Gasteiger partial charge in [0, 0.05) is 24.1 Å². The largest absolute Gasteiger partial charge is 0.442 e. The van der Waals surface area contributed by atoms with Crippen LogP contribution >= 0.6 is 11.6 Å². The molecule has 2 amide bonds. The summed E-state index contributed by atoms with van der Waals surface area (Å²) in [4.78, 5) is 28.7. The van der Waals surface area contributed by atoms with Gasteiger partial charge in [0.05, 0.1) is 13.1 Å². The van der Waals surface area contributed by atoms with Gasteiger partial charge in [0.15, 0.2) is 0 Å². The van der Waals surface area contributed by atoms with Gasteiger partial charge in [-0.05, 0) is 31.2 Å². The van der Waals surface area contributed by atoms with Crippen LogP contribution in [0, 0.1) is 6.57 Å². The predicted molar refractivity (Wildman–Crippen MR) is 89.9 cm³/mol. The van der Waals surface area contributed by atoms with Gasteiger partial charge in [-0.15, -0.1) is 11.6 Å². The van der Waals surface area contributed by atoms with Crippen LogP contribution in [0.1, 0.15) is 25.3 Å². The fraction of sp³-hybridized carbons (Fsp3) is 0.471. The summed E-state index contributed by atoms with van der Waals surface area (Å²) >= 11 is 5.68. The normalized spacial score (nSPS) is 22.5. The third-order valence-corrected chi connectivity index (χ3v) is 4.59. The number of halogens is 1. The molecule has 0 aromatic heterocycles. The van der Waals surface area contributed by atoms with Crippen molar-refractivity contribution >= 4 is 29.3 Å². The number of hydrogen-bond acceptors (Lipinski definition) is 3. The molecule has 24 heavy (non-hydrogen) atoms. The van der Waals surface area contributed by atoms with Crippen LogP contribution in [0.2, 0.25) is 0 Å². The number of rotatable bonds is 5. The molecule has 0 radical (unpaired) electrons. The minimum absolute atomic E-state index is 0.233.